The molecule has 0 atom stereocenters. The Morgan fingerprint density at radius 2 is 2.08 bits per heavy atom. The van der Waals surface area contributed by atoms with Gasteiger partial charge in [-0.05, 0) is 30.5 Å². The Kier molecular flexibility index (Phi) is 3.27. The van der Waals surface area contributed by atoms with E-state index in [-0.39, 0.29) is 0 Å². The zero-order valence-corrected chi connectivity index (χ0v) is 7.16. The Hall–Kier alpha value is -1.37. The first-order chi connectivity index (χ1) is 5.84. The Bertz CT molecular complexity index is 287. The topological polar surface area (TPSA) is 17.1 Å². The fraction of sp³-hybridized carbons (Fsp3) is 0.182. The molecule has 0 unspecified atom stereocenters. The molecular weight excluding hydrogens is 148 g/mol. The van der Waals surface area contributed by atoms with Crippen molar-refractivity contribution in [3.63, 3.8) is 0 Å². The van der Waals surface area contributed by atoms with Crippen molar-refractivity contribution in [2.24, 2.45) is 0 Å². The monoisotopic (exact) mass is 160 g/mol. The van der Waals surface area contributed by atoms with Crippen LogP contribution in [0.1, 0.15) is 11.1 Å². The Labute approximate surface area is 72.7 Å². The van der Waals surface area contributed by atoms with Gasteiger partial charge in [-0.25, -0.2) is 0 Å². The third-order valence-corrected chi connectivity index (χ3v) is 1.81. The molecule has 0 fully saturated rings. The van der Waals surface area contributed by atoms with Crippen LogP contribution in [0.15, 0.2) is 36.4 Å². The molecular formula is C11H12O. The van der Waals surface area contributed by atoms with E-state index in [1.54, 1.807) is 0 Å². The molecule has 0 aliphatic heterocycles. The molecule has 0 saturated carbocycles. The second-order valence-electron chi connectivity index (χ2n) is 2.69. The van der Waals surface area contributed by atoms with Gasteiger partial charge in [0.2, 0.25) is 0 Å². The van der Waals surface area contributed by atoms with Crippen molar-refractivity contribution in [3.8, 4) is 0 Å². The highest BCUT2D eigenvalue weighted by Crippen LogP contribution is 2.07. The molecule has 1 nitrogen and oxygen atoms in total. The number of hydrogen-bond donors (Lipinski definition) is 0. The number of hydrogen-bond acceptors (Lipinski definition) is 1. The minimum Gasteiger partial charge on any atom is -0.299 e. The van der Waals surface area contributed by atoms with Crippen molar-refractivity contribution in [3.05, 3.63) is 47.5 Å². The molecule has 0 aliphatic carbocycles. The summed E-state index contributed by atoms with van der Waals surface area (Å²) in [6.45, 7) is 2.07. The SMILES string of the molecule is Cc1ccccc1C/C=C\C=O. The standard InChI is InChI=1S/C11H12O/c1-10-6-2-3-7-11(10)8-4-5-9-12/h2-7,9H,8H2,1H3/b5-4-. The summed E-state index contributed by atoms with van der Waals surface area (Å²) in [5.41, 5.74) is 2.55. The van der Waals surface area contributed by atoms with Crippen molar-refractivity contribution in [1.82, 2.24) is 0 Å². The quantitative estimate of drug-likeness (QED) is 0.489. The smallest absolute Gasteiger partial charge is 0.142 e. The molecule has 0 spiro atoms. The zero-order valence-electron chi connectivity index (χ0n) is 7.16. The minimum atomic E-state index is 0.804. The summed E-state index contributed by atoms with van der Waals surface area (Å²) in [7, 11) is 0. The van der Waals surface area contributed by atoms with Gasteiger partial charge in [-0.15, -0.1) is 0 Å². The van der Waals surface area contributed by atoms with Gasteiger partial charge in [-0.3, -0.25) is 4.79 Å². The highest BCUT2D eigenvalue weighted by atomic mass is 16.1. The van der Waals surface area contributed by atoms with E-state index in [9.17, 15) is 4.79 Å². The summed E-state index contributed by atoms with van der Waals surface area (Å²) in [6, 6.07) is 8.17. The lowest BCUT2D eigenvalue weighted by Crippen LogP contribution is -1.85. The van der Waals surface area contributed by atoms with Gasteiger partial charge in [-0.1, -0.05) is 30.3 Å². The van der Waals surface area contributed by atoms with Crippen LogP contribution in [-0.2, 0) is 11.2 Å². The lowest BCUT2D eigenvalue weighted by atomic mass is 10.1. The van der Waals surface area contributed by atoms with E-state index in [1.165, 1.54) is 17.2 Å². The van der Waals surface area contributed by atoms with Crippen LogP contribution in [0.5, 0.6) is 0 Å². The fourth-order valence-corrected chi connectivity index (χ4v) is 1.09. The number of rotatable bonds is 3. The number of allylic oxidation sites excluding steroid dienone is 2. The highest BCUT2D eigenvalue weighted by Gasteiger charge is 1.91. The van der Waals surface area contributed by atoms with Crippen LogP contribution in [0.2, 0.25) is 0 Å². The molecule has 0 amide bonds. The molecule has 62 valence electrons. The largest absolute Gasteiger partial charge is 0.299 e. The number of benzene rings is 1. The van der Waals surface area contributed by atoms with Gasteiger partial charge in [0.05, 0.1) is 0 Å². The lowest BCUT2D eigenvalue weighted by Gasteiger charge is -1.99. The van der Waals surface area contributed by atoms with Gasteiger partial charge >= 0.3 is 0 Å². The third kappa shape index (κ3) is 2.35. The first kappa shape index (κ1) is 8.72. The van der Waals surface area contributed by atoms with E-state index in [0.29, 0.717) is 0 Å². The highest BCUT2D eigenvalue weighted by molar-refractivity contribution is 5.64. The Morgan fingerprint density at radius 3 is 2.75 bits per heavy atom. The molecule has 0 aliphatic rings. The number of aryl methyl sites for hydroxylation is 1. The van der Waals surface area contributed by atoms with Crippen LogP contribution in [0.25, 0.3) is 0 Å². The summed E-state index contributed by atoms with van der Waals surface area (Å²) in [6.07, 6.45) is 5.05. The van der Waals surface area contributed by atoms with E-state index < -0.39 is 0 Å². The van der Waals surface area contributed by atoms with Crippen LogP contribution in [0.4, 0.5) is 0 Å². The molecule has 0 saturated heterocycles. The summed E-state index contributed by atoms with van der Waals surface area (Å²) < 4.78 is 0. The first-order valence-electron chi connectivity index (χ1n) is 3.99. The van der Waals surface area contributed by atoms with E-state index in [0.717, 1.165) is 12.7 Å². The average molecular weight is 160 g/mol. The zero-order chi connectivity index (χ0) is 8.81. The molecule has 1 aromatic carbocycles. The lowest BCUT2D eigenvalue weighted by molar-refractivity contribution is -0.104. The van der Waals surface area contributed by atoms with E-state index in [1.807, 2.05) is 18.2 Å². The molecule has 0 N–H and O–H groups in total. The summed E-state index contributed by atoms with van der Waals surface area (Å²) >= 11 is 0. The molecule has 12 heavy (non-hydrogen) atoms. The Balaban J connectivity index is 2.69. The van der Waals surface area contributed by atoms with E-state index >= 15 is 0 Å². The molecule has 0 radical (unpaired) electrons. The van der Waals surface area contributed by atoms with Crippen molar-refractivity contribution in [1.29, 1.82) is 0 Å². The molecule has 0 heterocycles. The number of carbonyl (C=O) groups excluding carboxylic acids is 1. The predicted octanol–water partition coefficient (Wildman–Crippen LogP) is 2.29. The van der Waals surface area contributed by atoms with Crippen LogP contribution in [0.3, 0.4) is 0 Å². The Morgan fingerprint density at radius 1 is 1.33 bits per heavy atom. The van der Waals surface area contributed by atoms with Crippen LogP contribution >= 0.6 is 0 Å². The van der Waals surface area contributed by atoms with Gasteiger partial charge < -0.3 is 0 Å². The van der Waals surface area contributed by atoms with Crippen LogP contribution < -0.4 is 0 Å². The van der Waals surface area contributed by atoms with Gasteiger partial charge in [0, 0.05) is 0 Å². The van der Waals surface area contributed by atoms with Crippen molar-refractivity contribution in [2.45, 2.75) is 13.3 Å². The fourth-order valence-electron chi connectivity index (χ4n) is 1.09. The van der Waals surface area contributed by atoms with Gasteiger partial charge in [0.1, 0.15) is 6.29 Å². The number of carbonyl (C=O) groups is 1. The van der Waals surface area contributed by atoms with E-state index in [4.69, 9.17) is 0 Å². The van der Waals surface area contributed by atoms with Crippen molar-refractivity contribution >= 4 is 6.29 Å². The van der Waals surface area contributed by atoms with Crippen LogP contribution in [-0.4, -0.2) is 6.29 Å². The second kappa shape index (κ2) is 4.50. The first-order valence-corrected chi connectivity index (χ1v) is 3.99. The molecule has 0 aromatic heterocycles. The molecule has 1 aromatic rings. The normalized spacial score (nSPS) is 10.4. The molecule has 1 heteroatoms. The summed E-state index contributed by atoms with van der Waals surface area (Å²) in [5.74, 6) is 0. The maximum Gasteiger partial charge on any atom is 0.142 e. The molecule has 1 rings (SSSR count). The summed E-state index contributed by atoms with van der Waals surface area (Å²) in [4.78, 5) is 9.99. The predicted molar refractivity (Wildman–Crippen MR) is 50.1 cm³/mol. The van der Waals surface area contributed by atoms with Gasteiger partial charge in [0.25, 0.3) is 0 Å². The molecule has 0 bridgehead atoms. The van der Waals surface area contributed by atoms with E-state index in [2.05, 4.69) is 19.1 Å². The average Bonchev–Trinajstić information content (AvgIpc) is 2.09. The third-order valence-electron chi connectivity index (χ3n) is 1.81. The van der Waals surface area contributed by atoms with Crippen molar-refractivity contribution < 1.29 is 4.79 Å². The minimum absolute atomic E-state index is 0.804. The maximum absolute atomic E-state index is 9.99. The summed E-state index contributed by atoms with van der Waals surface area (Å²) in [5, 5.41) is 0. The van der Waals surface area contributed by atoms with Crippen molar-refractivity contribution in [2.75, 3.05) is 0 Å². The van der Waals surface area contributed by atoms with Crippen LogP contribution in [0, 0.1) is 6.92 Å². The van der Waals surface area contributed by atoms with Gasteiger partial charge in [0.15, 0.2) is 0 Å². The maximum atomic E-state index is 9.99. The second-order valence-corrected chi connectivity index (χ2v) is 2.69. The van der Waals surface area contributed by atoms with Gasteiger partial charge in [-0.2, -0.15) is 0 Å². The number of aldehydes is 1.